The van der Waals surface area contributed by atoms with Crippen LogP contribution >= 0.6 is 15.9 Å². The van der Waals surface area contributed by atoms with E-state index in [0.717, 1.165) is 18.8 Å². The average molecular weight is 312 g/mol. The summed E-state index contributed by atoms with van der Waals surface area (Å²) in [7, 11) is 0. The van der Waals surface area contributed by atoms with E-state index in [-0.39, 0.29) is 5.56 Å². The largest absolute Gasteiger partial charge is 0.291 e. The minimum atomic E-state index is -0.103. The second-order valence-electron chi connectivity index (χ2n) is 3.98. The molecule has 2 aromatic heterocycles. The molecule has 0 aromatic carbocycles. The molecule has 0 aliphatic carbocycles. The number of rotatable bonds is 4. The van der Waals surface area contributed by atoms with E-state index in [0.29, 0.717) is 16.7 Å². The first-order chi connectivity index (χ1) is 8.63. The normalized spacial score (nSPS) is 10.8. The second kappa shape index (κ2) is 5.43. The van der Waals surface area contributed by atoms with Crippen molar-refractivity contribution in [1.29, 1.82) is 0 Å². The SMILES string of the molecule is CCCn1ncnc1Cn1cnc(C)c(Br)c1=O. The third-order valence-corrected chi connectivity index (χ3v) is 3.51. The molecule has 2 heterocycles. The highest BCUT2D eigenvalue weighted by Gasteiger charge is 2.09. The Hall–Kier alpha value is -1.50. The zero-order valence-electron chi connectivity index (χ0n) is 10.3. The van der Waals surface area contributed by atoms with Crippen molar-refractivity contribution in [2.75, 3.05) is 0 Å². The summed E-state index contributed by atoms with van der Waals surface area (Å²) in [5.74, 6) is 0.761. The summed E-state index contributed by atoms with van der Waals surface area (Å²) >= 11 is 3.24. The van der Waals surface area contributed by atoms with E-state index in [9.17, 15) is 4.79 Å². The van der Waals surface area contributed by atoms with Crippen LogP contribution in [0.25, 0.3) is 0 Å². The molecular weight excluding hydrogens is 298 g/mol. The molecule has 0 saturated carbocycles. The lowest BCUT2D eigenvalue weighted by molar-refractivity contribution is 0.547. The average Bonchev–Trinajstić information content (AvgIpc) is 2.78. The van der Waals surface area contributed by atoms with Gasteiger partial charge in [0.05, 0.1) is 18.6 Å². The first-order valence-corrected chi connectivity index (χ1v) is 6.51. The Kier molecular flexibility index (Phi) is 3.90. The second-order valence-corrected chi connectivity index (χ2v) is 4.77. The van der Waals surface area contributed by atoms with Gasteiger partial charge >= 0.3 is 0 Å². The Labute approximate surface area is 113 Å². The molecular formula is C11H14BrN5O. The van der Waals surface area contributed by atoms with Gasteiger partial charge in [0.2, 0.25) is 0 Å². The fourth-order valence-corrected chi connectivity index (χ4v) is 1.95. The van der Waals surface area contributed by atoms with Crippen LogP contribution in [-0.4, -0.2) is 24.3 Å². The summed E-state index contributed by atoms with van der Waals surface area (Å²) in [5.41, 5.74) is 0.583. The van der Waals surface area contributed by atoms with Crippen LogP contribution < -0.4 is 5.56 Å². The van der Waals surface area contributed by atoms with Crippen LogP contribution in [0.4, 0.5) is 0 Å². The summed E-state index contributed by atoms with van der Waals surface area (Å²) in [6.45, 7) is 5.03. The predicted molar refractivity (Wildman–Crippen MR) is 70.3 cm³/mol. The third-order valence-electron chi connectivity index (χ3n) is 2.60. The first-order valence-electron chi connectivity index (χ1n) is 5.71. The van der Waals surface area contributed by atoms with Crippen LogP contribution in [0.5, 0.6) is 0 Å². The lowest BCUT2D eigenvalue weighted by Crippen LogP contribution is -2.24. The Morgan fingerprint density at radius 3 is 2.89 bits per heavy atom. The molecule has 96 valence electrons. The molecule has 0 amide bonds. The number of hydrogen-bond donors (Lipinski definition) is 0. The topological polar surface area (TPSA) is 65.6 Å². The molecule has 0 aliphatic rings. The van der Waals surface area contributed by atoms with Crippen molar-refractivity contribution >= 4 is 15.9 Å². The number of aromatic nitrogens is 5. The number of hydrogen-bond acceptors (Lipinski definition) is 4. The van der Waals surface area contributed by atoms with Crippen molar-refractivity contribution in [2.45, 2.75) is 33.4 Å². The van der Waals surface area contributed by atoms with Crippen LogP contribution in [0.1, 0.15) is 24.9 Å². The van der Waals surface area contributed by atoms with Crippen molar-refractivity contribution in [3.63, 3.8) is 0 Å². The summed E-state index contributed by atoms with van der Waals surface area (Å²) in [4.78, 5) is 20.3. The Bertz CT molecular complexity index is 604. The Morgan fingerprint density at radius 2 is 2.17 bits per heavy atom. The van der Waals surface area contributed by atoms with Gasteiger partial charge in [-0.3, -0.25) is 9.36 Å². The monoisotopic (exact) mass is 311 g/mol. The molecule has 0 saturated heterocycles. The molecule has 0 N–H and O–H groups in total. The highest BCUT2D eigenvalue weighted by atomic mass is 79.9. The van der Waals surface area contributed by atoms with Gasteiger partial charge in [-0.25, -0.2) is 14.6 Å². The summed E-state index contributed by atoms with van der Waals surface area (Å²) in [6, 6.07) is 0. The van der Waals surface area contributed by atoms with Gasteiger partial charge < -0.3 is 0 Å². The van der Waals surface area contributed by atoms with E-state index in [1.165, 1.54) is 17.2 Å². The molecule has 6 nitrogen and oxygen atoms in total. The molecule has 0 aliphatic heterocycles. The lowest BCUT2D eigenvalue weighted by atomic mass is 10.4. The molecule has 2 aromatic rings. The van der Waals surface area contributed by atoms with Gasteiger partial charge in [0.1, 0.15) is 16.6 Å². The van der Waals surface area contributed by atoms with Crippen LogP contribution in [-0.2, 0) is 13.1 Å². The van der Waals surface area contributed by atoms with E-state index in [1.807, 2.05) is 0 Å². The summed E-state index contributed by atoms with van der Waals surface area (Å²) < 4.78 is 3.82. The highest BCUT2D eigenvalue weighted by Crippen LogP contribution is 2.07. The molecule has 2 rings (SSSR count). The third kappa shape index (κ3) is 2.50. The zero-order chi connectivity index (χ0) is 13.1. The van der Waals surface area contributed by atoms with E-state index >= 15 is 0 Å². The van der Waals surface area contributed by atoms with E-state index in [1.54, 1.807) is 11.6 Å². The molecule has 7 heteroatoms. The van der Waals surface area contributed by atoms with Gasteiger partial charge in [0.25, 0.3) is 5.56 Å². The number of aryl methyl sites for hydroxylation is 2. The number of halogens is 1. The van der Waals surface area contributed by atoms with Crippen LogP contribution in [0.2, 0.25) is 0 Å². The fourth-order valence-electron chi connectivity index (χ4n) is 1.62. The van der Waals surface area contributed by atoms with Gasteiger partial charge in [0, 0.05) is 6.54 Å². The van der Waals surface area contributed by atoms with Crippen molar-refractivity contribution in [3.8, 4) is 0 Å². The van der Waals surface area contributed by atoms with Gasteiger partial charge in [-0.05, 0) is 29.3 Å². The Morgan fingerprint density at radius 1 is 1.39 bits per heavy atom. The maximum atomic E-state index is 12.0. The first kappa shape index (κ1) is 12.9. The summed E-state index contributed by atoms with van der Waals surface area (Å²) in [6.07, 6.45) is 4.02. The van der Waals surface area contributed by atoms with Crippen molar-refractivity contribution < 1.29 is 0 Å². The van der Waals surface area contributed by atoms with Gasteiger partial charge in [-0.1, -0.05) is 6.92 Å². The van der Waals surface area contributed by atoms with Crippen molar-refractivity contribution in [3.05, 3.63) is 39.0 Å². The molecule has 0 bridgehead atoms. The molecule has 0 unspecified atom stereocenters. The molecule has 0 radical (unpaired) electrons. The van der Waals surface area contributed by atoms with Crippen molar-refractivity contribution in [2.24, 2.45) is 0 Å². The lowest BCUT2D eigenvalue weighted by Gasteiger charge is -2.07. The molecule has 0 fully saturated rings. The molecule has 18 heavy (non-hydrogen) atoms. The maximum absolute atomic E-state index is 12.0. The van der Waals surface area contributed by atoms with Gasteiger partial charge in [-0.2, -0.15) is 5.10 Å². The smallest absolute Gasteiger partial charge is 0.268 e. The van der Waals surface area contributed by atoms with Gasteiger partial charge in [-0.15, -0.1) is 0 Å². The minimum Gasteiger partial charge on any atom is -0.291 e. The fraction of sp³-hybridized carbons (Fsp3) is 0.455. The number of nitrogens with zero attached hydrogens (tertiary/aromatic N) is 5. The van der Waals surface area contributed by atoms with Crippen LogP contribution in [0, 0.1) is 6.92 Å². The Balaban J connectivity index is 2.32. The standard InChI is InChI=1S/C11H14BrN5O/c1-3-4-17-9(13-6-15-17)5-16-7-14-8(2)10(12)11(16)18/h6-7H,3-5H2,1-2H3. The van der Waals surface area contributed by atoms with Crippen LogP contribution in [0.3, 0.4) is 0 Å². The van der Waals surface area contributed by atoms with E-state index in [2.05, 4.69) is 37.9 Å². The predicted octanol–water partition coefficient (Wildman–Crippen LogP) is 1.36. The minimum absolute atomic E-state index is 0.103. The quantitative estimate of drug-likeness (QED) is 0.855. The van der Waals surface area contributed by atoms with Crippen molar-refractivity contribution in [1.82, 2.24) is 24.3 Å². The van der Waals surface area contributed by atoms with Gasteiger partial charge in [0.15, 0.2) is 0 Å². The summed E-state index contributed by atoms with van der Waals surface area (Å²) in [5, 5.41) is 4.13. The molecule has 0 atom stereocenters. The van der Waals surface area contributed by atoms with Crippen LogP contribution in [0.15, 0.2) is 21.9 Å². The molecule has 0 spiro atoms. The maximum Gasteiger partial charge on any atom is 0.268 e. The van der Waals surface area contributed by atoms with E-state index in [4.69, 9.17) is 0 Å². The van der Waals surface area contributed by atoms with E-state index < -0.39 is 0 Å². The highest BCUT2D eigenvalue weighted by molar-refractivity contribution is 9.10. The zero-order valence-corrected chi connectivity index (χ0v) is 11.9.